The van der Waals surface area contributed by atoms with Crippen molar-refractivity contribution in [3.8, 4) is 0 Å². The first-order chi connectivity index (χ1) is 5.25. The lowest BCUT2D eigenvalue weighted by Crippen LogP contribution is -2.31. The molecule has 3 heteroatoms. The highest BCUT2D eigenvalue weighted by molar-refractivity contribution is 5.99. The largest absolute Gasteiger partial charge is 0.500 e. The minimum absolute atomic E-state index is 0.0945. The van der Waals surface area contributed by atoms with E-state index in [2.05, 4.69) is 5.32 Å². The van der Waals surface area contributed by atoms with Crippen LogP contribution in [-0.4, -0.2) is 25.5 Å². The number of carbonyl (C=O) groups is 1. The molecular weight excluding hydrogens is 142 g/mol. The maximum Gasteiger partial charge on any atom is 0.178 e. The fourth-order valence-corrected chi connectivity index (χ4v) is 0.978. The van der Waals surface area contributed by atoms with Crippen molar-refractivity contribution in [3.63, 3.8) is 0 Å². The lowest BCUT2D eigenvalue weighted by molar-refractivity contribution is -0.117. The number of rotatable bonds is 3. The first-order valence-corrected chi connectivity index (χ1v) is 3.78. The molecule has 1 aliphatic rings. The first kappa shape index (κ1) is 8.27. The van der Waals surface area contributed by atoms with E-state index in [9.17, 15) is 4.79 Å². The Hall–Kier alpha value is -0.830. The second kappa shape index (κ2) is 3.53. The quantitative estimate of drug-likeness (QED) is 0.643. The van der Waals surface area contributed by atoms with Crippen LogP contribution in [0.15, 0.2) is 11.8 Å². The van der Waals surface area contributed by atoms with Gasteiger partial charge in [0.2, 0.25) is 0 Å². The Balaban J connectivity index is 2.53. The van der Waals surface area contributed by atoms with Crippen LogP contribution in [0.25, 0.3) is 0 Å². The summed E-state index contributed by atoms with van der Waals surface area (Å²) in [6.07, 6.45) is 2.32. The van der Waals surface area contributed by atoms with E-state index in [1.54, 1.807) is 13.3 Å². The Morgan fingerprint density at radius 2 is 2.55 bits per heavy atom. The van der Waals surface area contributed by atoms with Gasteiger partial charge >= 0.3 is 0 Å². The molecule has 0 fully saturated rings. The number of hydrogen-bond acceptors (Lipinski definition) is 3. The zero-order chi connectivity index (χ0) is 8.27. The molecule has 0 spiro atoms. The molecule has 1 rings (SSSR count). The lowest BCUT2D eigenvalue weighted by Gasteiger charge is -2.07. The van der Waals surface area contributed by atoms with Gasteiger partial charge in [0.1, 0.15) is 0 Å². The summed E-state index contributed by atoms with van der Waals surface area (Å²) in [6, 6.07) is -0.0945. The molecule has 0 amide bonds. The van der Waals surface area contributed by atoms with Gasteiger partial charge in [0.15, 0.2) is 5.78 Å². The summed E-state index contributed by atoms with van der Waals surface area (Å²) in [7, 11) is 1.78. The molecule has 0 aromatic rings. The van der Waals surface area contributed by atoms with E-state index in [1.807, 2.05) is 6.92 Å². The summed E-state index contributed by atoms with van der Waals surface area (Å²) in [5.41, 5.74) is 0.798. The van der Waals surface area contributed by atoms with Crippen LogP contribution < -0.4 is 5.32 Å². The number of carbonyl (C=O) groups excluding carboxylic acids is 1. The third-order valence-corrected chi connectivity index (χ3v) is 1.86. The molecule has 1 heterocycles. The van der Waals surface area contributed by atoms with Gasteiger partial charge in [-0.2, -0.15) is 0 Å². The SMILES string of the molecule is CN[C@@H](C)C(=O)C1=COCC1. The Morgan fingerprint density at radius 3 is 3.00 bits per heavy atom. The van der Waals surface area contributed by atoms with E-state index in [0.29, 0.717) is 6.61 Å². The fourth-order valence-electron chi connectivity index (χ4n) is 0.978. The molecule has 62 valence electrons. The average Bonchev–Trinajstić information content (AvgIpc) is 2.53. The van der Waals surface area contributed by atoms with Crippen molar-refractivity contribution in [2.75, 3.05) is 13.7 Å². The van der Waals surface area contributed by atoms with Gasteiger partial charge in [0.05, 0.1) is 18.9 Å². The Bertz CT molecular complexity index is 187. The summed E-state index contributed by atoms with van der Waals surface area (Å²) in [4.78, 5) is 11.4. The first-order valence-electron chi connectivity index (χ1n) is 3.78. The van der Waals surface area contributed by atoms with Crippen molar-refractivity contribution in [1.29, 1.82) is 0 Å². The molecule has 1 atom stereocenters. The summed E-state index contributed by atoms with van der Waals surface area (Å²) >= 11 is 0. The number of Topliss-reactive ketones (excluding diaryl/α,β-unsaturated/α-hetero) is 1. The second-order valence-electron chi connectivity index (χ2n) is 2.64. The molecule has 0 bridgehead atoms. The predicted octanol–water partition coefficient (Wildman–Crippen LogP) is 0.468. The number of ether oxygens (including phenoxy) is 1. The normalized spacial score (nSPS) is 18.9. The smallest absolute Gasteiger partial charge is 0.178 e. The van der Waals surface area contributed by atoms with E-state index in [-0.39, 0.29) is 11.8 Å². The van der Waals surface area contributed by atoms with Gasteiger partial charge in [0.25, 0.3) is 0 Å². The average molecular weight is 155 g/mol. The van der Waals surface area contributed by atoms with Crippen LogP contribution in [0.4, 0.5) is 0 Å². The standard InChI is InChI=1S/C8H13NO2/c1-6(9-2)8(10)7-3-4-11-5-7/h5-6,9H,3-4H2,1-2H3/t6-/m0/s1. The molecular formula is C8H13NO2. The topological polar surface area (TPSA) is 38.3 Å². The minimum Gasteiger partial charge on any atom is -0.500 e. The molecule has 0 aromatic carbocycles. The van der Waals surface area contributed by atoms with E-state index in [4.69, 9.17) is 4.74 Å². The highest BCUT2D eigenvalue weighted by Gasteiger charge is 2.18. The van der Waals surface area contributed by atoms with E-state index in [0.717, 1.165) is 12.0 Å². The molecule has 11 heavy (non-hydrogen) atoms. The van der Waals surface area contributed by atoms with Crippen LogP contribution in [0.5, 0.6) is 0 Å². The van der Waals surface area contributed by atoms with E-state index < -0.39 is 0 Å². The molecule has 1 N–H and O–H groups in total. The molecule has 0 aliphatic carbocycles. The lowest BCUT2D eigenvalue weighted by atomic mass is 10.1. The van der Waals surface area contributed by atoms with Gasteiger partial charge in [-0.25, -0.2) is 0 Å². The third kappa shape index (κ3) is 1.80. The van der Waals surface area contributed by atoms with Gasteiger partial charge in [0, 0.05) is 12.0 Å². The van der Waals surface area contributed by atoms with Gasteiger partial charge in [-0.05, 0) is 14.0 Å². The van der Waals surface area contributed by atoms with Crippen LogP contribution in [0, 0.1) is 0 Å². The van der Waals surface area contributed by atoms with Gasteiger partial charge in [-0.15, -0.1) is 0 Å². The molecule has 0 aromatic heterocycles. The summed E-state index contributed by atoms with van der Waals surface area (Å²) < 4.78 is 4.96. The van der Waals surface area contributed by atoms with Gasteiger partial charge < -0.3 is 10.1 Å². The van der Waals surface area contributed by atoms with Gasteiger partial charge in [-0.3, -0.25) is 4.79 Å². The Kier molecular flexibility index (Phi) is 2.65. The van der Waals surface area contributed by atoms with Gasteiger partial charge in [-0.1, -0.05) is 0 Å². The summed E-state index contributed by atoms with van der Waals surface area (Å²) in [5, 5.41) is 2.90. The van der Waals surface area contributed by atoms with Crippen molar-refractivity contribution >= 4 is 5.78 Å². The van der Waals surface area contributed by atoms with Crippen LogP contribution in [0.1, 0.15) is 13.3 Å². The predicted molar refractivity (Wildman–Crippen MR) is 42.2 cm³/mol. The molecule has 3 nitrogen and oxygen atoms in total. The van der Waals surface area contributed by atoms with Crippen LogP contribution >= 0.6 is 0 Å². The van der Waals surface area contributed by atoms with Crippen LogP contribution in [0.2, 0.25) is 0 Å². The third-order valence-electron chi connectivity index (χ3n) is 1.86. The molecule has 0 saturated carbocycles. The number of nitrogens with one attached hydrogen (secondary N) is 1. The van der Waals surface area contributed by atoms with Crippen molar-refractivity contribution < 1.29 is 9.53 Å². The van der Waals surface area contributed by atoms with Crippen molar-refractivity contribution in [1.82, 2.24) is 5.32 Å². The highest BCUT2D eigenvalue weighted by Crippen LogP contribution is 2.12. The minimum atomic E-state index is -0.0945. The maximum absolute atomic E-state index is 11.4. The zero-order valence-electron chi connectivity index (χ0n) is 6.89. The monoisotopic (exact) mass is 155 g/mol. The van der Waals surface area contributed by atoms with Crippen LogP contribution in [-0.2, 0) is 9.53 Å². The van der Waals surface area contributed by atoms with E-state index in [1.165, 1.54) is 0 Å². The zero-order valence-corrected chi connectivity index (χ0v) is 6.89. The molecule has 0 saturated heterocycles. The van der Waals surface area contributed by atoms with Crippen molar-refractivity contribution in [3.05, 3.63) is 11.8 Å². The van der Waals surface area contributed by atoms with Crippen LogP contribution in [0.3, 0.4) is 0 Å². The molecule has 0 radical (unpaired) electrons. The highest BCUT2D eigenvalue weighted by atomic mass is 16.5. The fraction of sp³-hybridized carbons (Fsp3) is 0.625. The number of ketones is 1. The molecule has 1 aliphatic heterocycles. The summed E-state index contributed by atoms with van der Waals surface area (Å²) in [5.74, 6) is 0.144. The molecule has 0 unspecified atom stereocenters. The van der Waals surface area contributed by atoms with Crippen molar-refractivity contribution in [2.45, 2.75) is 19.4 Å². The Morgan fingerprint density at radius 1 is 1.82 bits per heavy atom. The maximum atomic E-state index is 11.4. The van der Waals surface area contributed by atoms with Crippen molar-refractivity contribution in [2.24, 2.45) is 0 Å². The van der Waals surface area contributed by atoms with E-state index >= 15 is 0 Å². The number of likely N-dealkylation sites (N-methyl/N-ethyl adjacent to an activating group) is 1. The summed E-state index contributed by atoms with van der Waals surface area (Å²) in [6.45, 7) is 2.50. The second-order valence-corrected chi connectivity index (χ2v) is 2.64. The number of hydrogen-bond donors (Lipinski definition) is 1. The Labute approximate surface area is 66.4 Å².